The zero-order valence-corrected chi connectivity index (χ0v) is 55.0. The van der Waals surface area contributed by atoms with Gasteiger partial charge in [0.25, 0.3) is 11.1 Å². The number of nitrogens with zero attached hydrogens (tertiary/aromatic N) is 8. The molecule has 508 valence electrons. The average molecular weight is 1380 g/mol. The quantitative estimate of drug-likeness (QED) is 0.0295. The van der Waals surface area contributed by atoms with Crippen LogP contribution < -0.4 is 11.1 Å². The number of alkyl halides is 6. The van der Waals surface area contributed by atoms with Crippen LogP contribution in [0.4, 0.5) is 35.1 Å². The Kier molecular flexibility index (Phi) is 18.2. The molecule has 96 heavy (non-hydrogen) atoms. The Morgan fingerprint density at radius 3 is 1.38 bits per heavy atom. The normalized spacial score (nSPS) is 16.0. The maximum atomic E-state index is 14.7. The number of carbonyl (C=O) groups is 2. The lowest BCUT2D eigenvalue weighted by atomic mass is 9.98. The highest BCUT2D eigenvalue weighted by atomic mass is 32.2. The van der Waals surface area contributed by atoms with Crippen molar-refractivity contribution in [3.63, 3.8) is 0 Å². The lowest BCUT2D eigenvalue weighted by Crippen LogP contribution is -2.40. The van der Waals surface area contributed by atoms with E-state index in [4.69, 9.17) is 16.4 Å². The number of halogens is 8. The van der Waals surface area contributed by atoms with Crippen LogP contribution in [-0.2, 0) is 85.2 Å². The molecule has 2 aromatic heterocycles. The summed E-state index contributed by atoms with van der Waals surface area (Å²) in [6.07, 6.45) is -6.86. The van der Waals surface area contributed by atoms with Gasteiger partial charge in [-0.05, 0) is 183 Å². The summed E-state index contributed by atoms with van der Waals surface area (Å²) in [5, 5.41) is -0.381. The van der Waals surface area contributed by atoms with E-state index in [1.165, 1.54) is 47.2 Å². The number of aromatic nitrogens is 4. The van der Waals surface area contributed by atoms with E-state index < -0.39 is 138 Å². The lowest BCUT2D eigenvalue weighted by molar-refractivity contribution is -0.138. The van der Waals surface area contributed by atoms with Gasteiger partial charge < -0.3 is 28.7 Å². The molecule has 0 atom stereocenters. The topological polar surface area (TPSA) is 117 Å². The van der Waals surface area contributed by atoms with Crippen molar-refractivity contribution in [1.82, 2.24) is 38.7 Å². The second kappa shape index (κ2) is 32.9. The first-order chi connectivity index (χ1) is 52.2. The number of carbonyl (C=O) groups excluding carboxylic acids is 2. The fourth-order valence-corrected chi connectivity index (χ4v) is 12.1. The van der Waals surface area contributed by atoms with Crippen molar-refractivity contribution in [3.8, 4) is 22.3 Å². The summed E-state index contributed by atoms with van der Waals surface area (Å²) in [5.41, 5.74) is -7.01. The number of hydrogen-bond donors (Lipinski definition) is 0. The highest BCUT2D eigenvalue weighted by Gasteiger charge is 2.32. The first-order valence-electron chi connectivity index (χ1n) is 39.0. The molecule has 0 fully saturated rings. The van der Waals surface area contributed by atoms with Gasteiger partial charge in [0.2, 0.25) is 11.8 Å². The minimum absolute atomic E-state index is 0.00226. The molecular weight excluding hydrogens is 1280 g/mol. The summed E-state index contributed by atoms with van der Waals surface area (Å²) in [6.45, 7) is -0.0961. The molecule has 0 saturated carbocycles. The molecule has 2 aliphatic carbocycles. The Bertz CT molecular complexity index is 4900. The van der Waals surface area contributed by atoms with Crippen molar-refractivity contribution in [2.24, 2.45) is 0 Å². The van der Waals surface area contributed by atoms with Gasteiger partial charge in [-0.3, -0.25) is 19.2 Å². The molecule has 2 aliphatic rings. The predicted octanol–water partition coefficient (Wildman–Crippen LogP) is 15.1. The summed E-state index contributed by atoms with van der Waals surface area (Å²) in [6, 6.07) is 13.6. The van der Waals surface area contributed by atoms with Gasteiger partial charge in [-0.1, -0.05) is 136 Å². The van der Waals surface area contributed by atoms with Gasteiger partial charge in [0.15, 0.2) is 10.3 Å². The molecule has 0 unspecified atom stereocenters. The third-order valence-corrected chi connectivity index (χ3v) is 17.8. The molecule has 6 aromatic carbocycles. The van der Waals surface area contributed by atoms with E-state index in [1.54, 1.807) is 13.8 Å². The number of fused-ring (bicyclic) bond motifs is 2. The van der Waals surface area contributed by atoms with Gasteiger partial charge in [-0.2, -0.15) is 36.3 Å². The van der Waals surface area contributed by atoms with E-state index in [9.17, 15) is 59.8 Å². The fourth-order valence-electron chi connectivity index (χ4n) is 10.6. The number of likely N-dealkylation sites (N-methyl/N-ethyl adjacent to an activating group) is 2. The van der Waals surface area contributed by atoms with Crippen LogP contribution in [0.15, 0.2) is 153 Å². The predicted molar refractivity (Wildman–Crippen MR) is 363 cm³/mol. The van der Waals surface area contributed by atoms with Crippen molar-refractivity contribution in [2.75, 3.05) is 52.3 Å². The van der Waals surface area contributed by atoms with Crippen molar-refractivity contribution in [1.29, 1.82) is 0 Å². The van der Waals surface area contributed by atoms with E-state index in [0.29, 0.717) is 90.6 Å². The minimum Gasteiger partial charge on any atom is -0.336 e. The van der Waals surface area contributed by atoms with Gasteiger partial charge in [0, 0.05) is 81.3 Å². The molecule has 0 bridgehead atoms. The molecule has 2 heterocycles. The first kappa shape index (κ1) is 53.2. The van der Waals surface area contributed by atoms with E-state index in [2.05, 4.69) is 9.97 Å². The molecule has 0 aliphatic heterocycles. The summed E-state index contributed by atoms with van der Waals surface area (Å²) in [4.78, 5) is 68.4. The van der Waals surface area contributed by atoms with Crippen LogP contribution in [0.25, 0.3) is 22.3 Å². The van der Waals surface area contributed by atoms with Gasteiger partial charge in [-0.25, -0.2) is 8.78 Å². The Balaban J connectivity index is 0.000000257. The number of rotatable bonds is 26. The van der Waals surface area contributed by atoms with Crippen molar-refractivity contribution in [2.45, 2.75) is 140 Å². The van der Waals surface area contributed by atoms with Gasteiger partial charge in [0.1, 0.15) is 24.7 Å². The van der Waals surface area contributed by atoms with Crippen LogP contribution in [-0.4, -0.2) is 103 Å². The molecule has 0 radical (unpaired) electrons. The maximum Gasteiger partial charge on any atom is 0.416 e. The standard InChI is InChI=1S/2C37H40F4N4O2S/c2*1-4-43(5-2)19-20-44(22-29-12-11-28(21-25(29)3)27-13-15-30(16-14-27)37(39,40)41)34(46)23-45-33-8-6-7-32(33)35(47)42-36(45)48-24-26-9-17-31(38)18-10-26/h2*9-18,21H,4-8,19-20,22-24H2,1-3H3/i11D,12D,19D2,20D2,21D,24D2;11D,12D,21D,22D2,24D2. The minimum atomic E-state index is -4.64. The highest BCUT2D eigenvalue weighted by molar-refractivity contribution is 7.98. The van der Waals surface area contributed by atoms with Gasteiger partial charge >= 0.3 is 12.4 Å². The van der Waals surface area contributed by atoms with Crippen LogP contribution in [0.3, 0.4) is 0 Å². The monoisotopic (exact) mass is 1380 g/mol. The van der Waals surface area contributed by atoms with Crippen molar-refractivity contribution >= 4 is 35.3 Å². The number of benzene rings is 6. The van der Waals surface area contributed by atoms with E-state index in [0.717, 1.165) is 82.6 Å². The molecule has 10 rings (SSSR count). The lowest BCUT2D eigenvalue weighted by Gasteiger charge is -2.28. The molecule has 0 spiro atoms. The van der Waals surface area contributed by atoms with Crippen LogP contribution in [0.1, 0.15) is 129 Å². The second-order valence-corrected chi connectivity index (χ2v) is 23.9. The highest BCUT2D eigenvalue weighted by Crippen LogP contribution is 2.35. The van der Waals surface area contributed by atoms with Crippen molar-refractivity contribution in [3.05, 3.63) is 233 Å². The van der Waals surface area contributed by atoms with Crippen LogP contribution in [0, 0.1) is 25.5 Å². The number of amides is 2. The molecule has 8 aromatic rings. The Morgan fingerprint density at radius 2 is 0.948 bits per heavy atom. The molecule has 22 heteroatoms. The summed E-state index contributed by atoms with van der Waals surface area (Å²) < 4.78 is 253. The zero-order valence-electron chi connectivity index (χ0n) is 69.4. The SMILES string of the molecule is [2H]c1c([2H])c(-c2ccc(C(F)(F)F)cc2)c([2H])c(C)c1CN(C(=O)Cn1c(SC([2H])([2H])c2ccc(F)cc2)nc(=O)c2c1CCC2)C([2H])([2H])C([2H])([2H])N(CC)CC.[2H]c1c([2H])c(C([2H])([2H])N(CCN(CC)CC)C(=O)Cn2c(SC([2H])([2H])c3ccc(F)cc3)nc(=O)c3c2CCC3)c(C)c([2H])c1-c1ccc(C(F)(F)F)cc1. The van der Waals surface area contributed by atoms with E-state index >= 15 is 0 Å². The van der Waals surface area contributed by atoms with Gasteiger partial charge in [-0.15, -0.1) is 0 Å². The van der Waals surface area contributed by atoms with Gasteiger partial charge in [0.05, 0.1) is 24.8 Å². The molecule has 2 amide bonds. The molecule has 0 N–H and O–H groups in total. The van der Waals surface area contributed by atoms with E-state index in [1.807, 2.05) is 18.7 Å². The molecular formula is C74H80F8N8O4S2. The average Bonchev–Trinajstić information content (AvgIpc) is 0.901. The fraction of sp³-hybridized carbons (Fsp3) is 0.378. The second-order valence-electron chi connectivity index (χ2n) is 22.4. The third kappa shape index (κ3) is 18.8. The zero-order chi connectivity index (χ0) is 83.0. The smallest absolute Gasteiger partial charge is 0.336 e. The van der Waals surface area contributed by atoms with E-state index in [-0.39, 0.29) is 111 Å². The van der Waals surface area contributed by atoms with Crippen LogP contribution >= 0.6 is 23.5 Å². The molecule has 12 nitrogen and oxygen atoms in total. The first-order valence-corrected chi connectivity index (χ1v) is 32.6. The number of hydrogen-bond acceptors (Lipinski definition) is 10. The Morgan fingerprint density at radius 1 is 0.531 bits per heavy atom. The number of thioether (sulfide) groups is 2. The Labute approximate surface area is 586 Å². The van der Waals surface area contributed by atoms with Crippen molar-refractivity contribution < 1.29 is 66.6 Å². The van der Waals surface area contributed by atoms with Crippen LogP contribution in [0.5, 0.6) is 0 Å². The maximum absolute atomic E-state index is 14.7. The Hall–Kier alpha value is -7.92. The summed E-state index contributed by atoms with van der Waals surface area (Å²) in [5.74, 6) is -3.06. The van der Waals surface area contributed by atoms with Crippen LogP contribution in [0.2, 0.25) is 0 Å². The summed E-state index contributed by atoms with van der Waals surface area (Å²) >= 11 is 1.03. The largest absolute Gasteiger partial charge is 0.416 e. The molecule has 0 saturated heterocycles. The summed E-state index contributed by atoms with van der Waals surface area (Å²) in [7, 11) is 0. The third-order valence-electron chi connectivity index (χ3n) is 16.1.